The van der Waals surface area contributed by atoms with E-state index in [0.29, 0.717) is 0 Å². The minimum atomic E-state index is -0.147. The zero-order valence-electron chi connectivity index (χ0n) is 14.3. The zero-order valence-corrected chi connectivity index (χ0v) is 14.3. The first-order valence-electron chi connectivity index (χ1n) is 9.11. The predicted octanol–water partition coefficient (Wildman–Crippen LogP) is 5.69. The lowest BCUT2D eigenvalue weighted by molar-refractivity contribution is 0.307. The fourth-order valence-electron chi connectivity index (χ4n) is 4.13. The van der Waals surface area contributed by atoms with Crippen LogP contribution in [-0.2, 0) is 5.41 Å². The molecule has 0 unspecified atom stereocenters. The second kappa shape index (κ2) is 6.83. The molecule has 128 valence electrons. The molecule has 0 radical (unpaired) electrons. The van der Waals surface area contributed by atoms with Crippen LogP contribution in [0.5, 0.6) is 0 Å². The number of nitrogens with one attached hydrogen (secondary N) is 1. The van der Waals surface area contributed by atoms with E-state index in [4.69, 9.17) is 0 Å². The Balaban J connectivity index is 1.65. The minimum absolute atomic E-state index is 0.0149. The van der Waals surface area contributed by atoms with Crippen molar-refractivity contribution in [1.29, 1.82) is 0 Å². The van der Waals surface area contributed by atoms with Gasteiger partial charge in [-0.25, -0.2) is 9.37 Å². The van der Waals surface area contributed by atoms with Crippen molar-refractivity contribution in [1.82, 2.24) is 4.98 Å². The number of fused-ring (bicyclic) bond motifs is 1. The molecular weight excluding hydrogens is 311 g/mol. The second-order valence-corrected chi connectivity index (χ2v) is 7.09. The highest BCUT2D eigenvalue weighted by Crippen LogP contribution is 2.40. The van der Waals surface area contributed by atoms with Crippen molar-refractivity contribution in [3.05, 3.63) is 72.2 Å². The standard InChI is InChI=1S/C22H23FN2/c23-19-9-6-8-18(15-19)22(12-4-1-5-13-22)16-25-21-20-10-3-2-7-17(20)11-14-24-21/h2-3,6-11,14-15H,1,4-5,12-13,16H2,(H,24,25). The molecule has 4 rings (SSSR count). The van der Waals surface area contributed by atoms with Crippen LogP contribution in [0.25, 0.3) is 10.8 Å². The van der Waals surface area contributed by atoms with Crippen LogP contribution in [0.2, 0.25) is 0 Å². The van der Waals surface area contributed by atoms with Gasteiger partial charge < -0.3 is 5.32 Å². The highest BCUT2D eigenvalue weighted by Gasteiger charge is 2.34. The van der Waals surface area contributed by atoms with E-state index in [9.17, 15) is 4.39 Å². The topological polar surface area (TPSA) is 24.9 Å². The fraction of sp³-hybridized carbons (Fsp3) is 0.318. The molecule has 2 aromatic carbocycles. The van der Waals surface area contributed by atoms with Gasteiger partial charge in [0.15, 0.2) is 0 Å². The fourth-order valence-corrected chi connectivity index (χ4v) is 4.13. The molecule has 0 amide bonds. The van der Waals surface area contributed by atoms with Gasteiger partial charge in [-0.15, -0.1) is 0 Å². The van der Waals surface area contributed by atoms with Gasteiger partial charge in [0.05, 0.1) is 0 Å². The van der Waals surface area contributed by atoms with Gasteiger partial charge in [0.25, 0.3) is 0 Å². The average Bonchev–Trinajstić information content (AvgIpc) is 2.67. The van der Waals surface area contributed by atoms with Crippen molar-refractivity contribution < 1.29 is 4.39 Å². The summed E-state index contributed by atoms with van der Waals surface area (Å²) in [7, 11) is 0. The number of halogens is 1. The van der Waals surface area contributed by atoms with Gasteiger partial charge in [-0.2, -0.15) is 0 Å². The van der Waals surface area contributed by atoms with Crippen molar-refractivity contribution in [2.75, 3.05) is 11.9 Å². The van der Waals surface area contributed by atoms with Crippen LogP contribution in [-0.4, -0.2) is 11.5 Å². The number of benzene rings is 2. The molecule has 1 saturated carbocycles. The molecule has 3 aromatic rings. The molecule has 1 aromatic heterocycles. The third-order valence-corrected chi connectivity index (χ3v) is 5.52. The molecule has 0 saturated heterocycles. The Bertz CT molecular complexity index is 863. The number of anilines is 1. The molecule has 2 nitrogen and oxygen atoms in total. The molecule has 3 heteroatoms. The summed E-state index contributed by atoms with van der Waals surface area (Å²) in [5.41, 5.74) is 1.10. The zero-order chi connectivity index (χ0) is 17.1. The summed E-state index contributed by atoms with van der Waals surface area (Å²) < 4.78 is 13.8. The molecule has 1 N–H and O–H groups in total. The highest BCUT2D eigenvalue weighted by atomic mass is 19.1. The van der Waals surface area contributed by atoms with Gasteiger partial charge in [0.2, 0.25) is 0 Å². The van der Waals surface area contributed by atoms with E-state index in [1.54, 1.807) is 6.07 Å². The lowest BCUT2D eigenvalue weighted by Crippen LogP contribution is -2.36. The van der Waals surface area contributed by atoms with E-state index < -0.39 is 0 Å². The number of nitrogens with zero attached hydrogens (tertiary/aromatic N) is 1. The summed E-state index contributed by atoms with van der Waals surface area (Å²) in [4.78, 5) is 4.55. The van der Waals surface area contributed by atoms with E-state index in [0.717, 1.165) is 36.2 Å². The number of aromatic nitrogens is 1. The summed E-state index contributed by atoms with van der Waals surface area (Å²) in [5, 5.41) is 5.90. The molecule has 0 bridgehead atoms. The summed E-state index contributed by atoms with van der Waals surface area (Å²) in [6, 6.07) is 17.5. The Hall–Kier alpha value is -2.42. The maximum Gasteiger partial charge on any atom is 0.133 e. The number of pyridine rings is 1. The van der Waals surface area contributed by atoms with Crippen LogP contribution in [0.15, 0.2) is 60.8 Å². The number of hydrogen-bond donors (Lipinski definition) is 1. The lowest BCUT2D eigenvalue weighted by Gasteiger charge is -2.38. The first-order valence-corrected chi connectivity index (χ1v) is 9.11. The first kappa shape index (κ1) is 16.1. The van der Waals surface area contributed by atoms with Gasteiger partial charge in [0, 0.05) is 23.5 Å². The van der Waals surface area contributed by atoms with Crippen molar-refractivity contribution in [2.45, 2.75) is 37.5 Å². The first-order chi connectivity index (χ1) is 12.3. The SMILES string of the molecule is Fc1cccc(C2(CNc3nccc4ccccc34)CCCCC2)c1. The summed E-state index contributed by atoms with van der Waals surface area (Å²) in [6.45, 7) is 0.789. The maximum absolute atomic E-state index is 13.8. The van der Waals surface area contributed by atoms with E-state index in [-0.39, 0.29) is 11.2 Å². The maximum atomic E-state index is 13.8. The van der Waals surface area contributed by atoms with Crippen molar-refractivity contribution in [3.8, 4) is 0 Å². The van der Waals surface area contributed by atoms with E-state index in [2.05, 4.69) is 28.5 Å². The third-order valence-electron chi connectivity index (χ3n) is 5.52. The predicted molar refractivity (Wildman–Crippen MR) is 101 cm³/mol. The van der Waals surface area contributed by atoms with Crippen molar-refractivity contribution in [3.63, 3.8) is 0 Å². The Labute approximate surface area is 148 Å². The van der Waals surface area contributed by atoms with E-state index >= 15 is 0 Å². The van der Waals surface area contributed by atoms with Crippen LogP contribution in [0.1, 0.15) is 37.7 Å². The monoisotopic (exact) mass is 334 g/mol. The van der Waals surface area contributed by atoms with Gasteiger partial charge in [-0.1, -0.05) is 55.7 Å². The normalized spacial score (nSPS) is 16.7. The quantitative estimate of drug-likeness (QED) is 0.663. The number of rotatable bonds is 4. The smallest absolute Gasteiger partial charge is 0.133 e. The van der Waals surface area contributed by atoms with Gasteiger partial charge in [-0.3, -0.25) is 0 Å². The van der Waals surface area contributed by atoms with Crippen LogP contribution < -0.4 is 5.32 Å². The van der Waals surface area contributed by atoms with Crippen molar-refractivity contribution >= 4 is 16.6 Å². The average molecular weight is 334 g/mol. The molecular formula is C22H23FN2. The van der Waals surface area contributed by atoms with Crippen molar-refractivity contribution in [2.24, 2.45) is 0 Å². The summed E-state index contributed by atoms with van der Waals surface area (Å²) >= 11 is 0. The van der Waals surface area contributed by atoms with Crippen LogP contribution >= 0.6 is 0 Å². The van der Waals surface area contributed by atoms with Gasteiger partial charge in [0.1, 0.15) is 11.6 Å². The molecule has 0 aliphatic heterocycles. The van der Waals surface area contributed by atoms with Crippen LogP contribution in [0, 0.1) is 5.82 Å². The lowest BCUT2D eigenvalue weighted by atomic mass is 9.69. The molecule has 1 aliphatic rings. The highest BCUT2D eigenvalue weighted by molar-refractivity contribution is 5.91. The summed E-state index contributed by atoms with van der Waals surface area (Å²) in [6.07, 6.45) is 7.69. The second-order valence-electron chi connectivity index (χ2n) is 7.09. The molecule has 1 fully saturated rings. The Kier molecular flexibility index (Phi) is 4.39. The Morgan fingerprint density at radius 1 is 0.960 bits per heavy atom. The van der Waals surface area contributed by atoms with Gasteiger partial charge >= 0.3 is 0 Å². The molecule has 25 heavy (non-hydrogen) atoms. The van der Waals surface area contributed by atoms with E-state index in [1.807, 2.05) is 30.5 Å². The van der Waals surface area contributed by atoms with Gasteiger partial charge in [-0.05, 0) is 42.0 Å². The van der Waals surface area contributed by atoms with Crippen LogP contribution in [0.4, 0.5) is 10.2 Å². The number of hydrogen-bond acceptors (Lipinski definition) is 2. The Morgan fingerprint density at radius 2 is 1.80 bits per heavy atom. The molecule has 0 spiro atoms. The molecule has 1 heterocycles. The van der Waals surface area contributed by atoms with Crippen LogP contribution in [0.3, 0.4) is 0 Å². The minimum Gasteiger partial charge on any atom is -0.369 e. The van der Waals surface area contributed by atoms with E-state index in [1.165, 1.54) is 30.7 Å². The Morgan fingerprint density at radius 3 is 2.64 bits per heavy atom. The third kappa shape index (κ3) is 3.23. The summed E-state index contributed by atoms with van der Waals surface area (Å²) in [5.74, 6) is 0.769. The molecule has 1 aliphatic carbocycles. The molecule has 0 atom stereocenters. The largest absolute Gasteiger partial charge is 0.369 e.